The van der Waals surface area contributed by atoms with Gasteiger partial charge < -0.3 is 20.5 Å². The van der Waals surface area contributed by atoms with Gasteiger partial charge >= 0.3 is 6.03 Å². The SMILES string of the molecule is COc1cc(C(C)NC(=O)NC2CCCCCC2CO)ccc1F. The van der Waals surface area contributed by atoms with Crippen molar-refractivity contribution in [2.75, 3.05) is 13.7 Å². The Kier molecular flexibility index (Phi) is 6.85. The zero-order valence-corrected chi connectivity index (χ0v) is 14.3. The molecule has 0 saturated heterocycles. The molecule has 5 nitrogen and oxygen atoms in total. The van der Waals surface area contributed by atoms with Crippen LogP contribution in [0.15, 0.2) is 18.2 Å². The molecule has 0 spiro atoms. The first-order valence-corrected chi connectivity index (χ1v) is 8.56. The summed E-state index contributed by atoms with van der Waals surface area (Å²) in [5.41, 5.74) is 0.767. The van der Waals surface area contributed by atoms with Gasteiger partial charge in [-0.15, -0.1) is 0 Å². The predicted molar refractivity (Wildman–Crippen MR) is 90.5 cm³/mol. The number of ether oxygens (including phenoxy) is 1. The van der Waals surface area contributed by atoms with Crippen molar-refractivity contribution in [3.63, 3.8) is 0 Å². The van der Waals surface area contributed by atoms with Crippen LogP contribution in [0.3, 0.4) is 0 Å². The number of carbonyl (C=O) groups excluding carboxylic acids is 1. The molecule has 2 amide bonds. The number of carbonyl (C=O) groups is 1. The van der Waals surface area contributed by atoms with E-state index < -0.39 is 5.82 Å². The van der Waals surface area contributed by atoms with Gasteiger partial charge in [0.1, 0.15) is 0 Å². The molecular weight excluding hydrogens is 311 g/mol. The van der Waals surface area contributed by atoms with Crippen LogP contribution in [0.2, 0.25) is 0 Å². The lowest BCUT2D eigenvalue weighted by Crippen LogP contribution is -2.46. The molecule has 1 aromatic rings. The Morgan fingerprint density at radius 2 is 2.12 bits per heavy atom. The Morgan fingerprint density at radius 1 is 1.38 bits per heavy atom. The standard InChI is InChI=1S/C18H27FN2O3/c1-12(13-8-9-15(19)17(10-13)24-2)20-18(23)21-16-7-5-3-4-6-14(16)11-22/h8-10,12,14,16,22H,3-7,11H2,1-2H3,(H2,20,21,23). The van der Waals surface area contributed by atoms with Gasteiger partial charge in [0.25, 0.3) is 0 Å². The third-order valence-corrected chi connectivity index (χ3v) is 4.73. The van der Waals surface area contributed by atoms with Gasteiger partial charge in [0.15, 0.2) is 11.6 Å². The molecule has 0 bridgehead atoms. The van der Waals surface area contributed by atoms with E-state index in [4.69, 9.17) is 4.74 Å². The van der Waals surface area contributed by atoms with Crippen molar-refractivity contribution in [2.24, 2.45) is 5.92 Å². The Hall–Kier alpha value is -1.82. The third kappa shape index (κ3) is 4.84. The zero-order valence-electron chi connectivity index (χ0n) is 14.3. The number of rotatable bonds is 5. The molecule has 3 atom stereocenters. The molecule has 0 aromatic heterocycles. The molecule has 0 aliphatic heterocycles. The van der Waals surface area contributed by atoms with Crippen molar-refractivity contribution in [1.29, 1.82) is 0 Å². The van der Waals surface area contributed by atoms with Crippen LogP contribution >= 0.6 is 0 Å². The van der Waals surface area contributed by atoms with Crippen LogP contribution < -0.4 is 15.4 Å². The van der Waals surface area contributed by atoms with Gasteiger partial charge in [-0.1, -0.05) is 25.3 Å². The number of hydrogen-bond donors (Lipinski definition) is 3. The third-order valence-electron chi connectivity index (χ3n) is 4.73. The molecular formula is C18H27FN2O3. The normalized spacial score (nSPS) is 22.3. The second-order valence-electron chi connectivity index (χ2n) is 6.42. The molecule has 24 heavy (non-hydrogen) atoms. The minimum atomic E-state index is -0.429. The van der Waals surface area contributed by atoms with Gasteiger partial charge in [0, 0.05) is 18.6 Å². The molecule has 134 valence electrons. The monoisotopic (exact) mass is 338 g/mol. The van der Waals surface area contributed by atoms with Gasteiger partial charge in [0.05, 0.1) is 13.2 Å². The molecule has 1 aliphatic rings. The Balaban J connectivity index is 1.95. The van der Waals surface area contributed by atoms with E-state index in [2.05, 4.69) is 10.6 Å². The van der Waals surface area contributed by atoms with Gasteiger partial charge in [-0.3, -0.25) is 0 Å². The van der Waals surface area contributed by atoms with Crippen molar-refractivity contribution in [3.05, 3.63) is 29.6 Å². The summed E-state index contributed by atoms with van der Waals surface area (Å²) < 4.78 is 18.5. The van der Waals surface area contributed by atoms with Crippen LogP contribution in [0, 0.1) is 11.7 Å². The number of nitrogens with one attached hydrogen (secondary N) is 2. The molecule has 6 heteroatoms. The molecule has 1 saturated carbocycles. The average molecular weight is 338 g/mol. The van der Waals surface area contributed by atoms with Crippen LogP contribution in [0.5, 0.6) is 5.75 Å². The van der Waals surface area contributed by atoms with E-state index in [1.165, 1.54) is 13.2 Å². The maximum absolute atomic E-state index is 13.5. The van der Waals surface area contributed by atoms with Crippen molar-refractivity contribution >= 4 is 6.03 Å². The second kappa shape index (κ2) is 8.87. The molecule has 1 aromatic carbocycles. The number of hydrogen-bond acceptors (Lipinski definition) is 3. The van der Waals surface area contributed by atoms with Gasteiger partial charge in [0.2, 0.25) is 0 Å². The Bertz CT molecular complexity index is 553. The first kappa shape index (κ1) is 18.5. The van der Waals surface area contributed by atoms with E-state index in [1.807, 2.05) is 6.92 Å². The van der Waals surface area contributed by atoms with Crippen LogP contribution in [0.25, 0.3) is 0 Å². The molecule has 3 unspecified atom stereocenters. The molecule has 2 rings (SSSR count). The number of methoxy groups -OCH3 is 1. The van der Waals surface area contributed by atoms with E-state index in [1.54, 1.807) is 12.1 Å². The highest BCUT2D eigenvalue weighted by Crippen LogP contribution is 2.24. The van der Waals surface area contributed by atoms with E-state index in [0.717, 1.165) is 37.7 Å². The van der Waals surface area contributed by atoms with Crippen molar-refractivity contribution in [2.45, 2.75) is 51.1 Å². The molecule has 3 N–H and O–H groups in total. The van der Waals surface area contributed by atoms with Crippen molar-refractivity contribution in [1.82, 2.24) is 10.6 Å². The molecule has 0 heterocycles. The van der Waals surface area contributed by atoms with Crippen LogP contribution in [-0.2, 0) is 0 Å². The highest BCUT2D eigenvalue weighted by molar-refractivity contribution is 5.74. The minimum Gasteiger partial charge on any atom is -0.494 e. The summed E-state index contributed by atoms with van der Waals surface area (Å²) in [6, 6.07) is 3.99. The Labute approximate surface area is 142 Å². The minimum absolute atomic E-state index is 0.00699. The van der Waals surface area contributed by atoms with Gasteiger partial charge in [-0.2, -0.15) is 0 Å². The number of amides is 2. The van der Waals surface area contributed by atoms with Gasteiger partial charge in [-0.25, -0.2) is 9.18 Å². The summed E-state index contributed by atoms with van der Waals surface area (Å²) >= 11 is 0. The molecule has 1 fully saturated rings. The topological polar surface area (TPSA) is 70.6 Å². The first-order chi connectivity index (χ1) is 11.5. The highest BCUT2D eigenvalue weighted by Gasteiger charge is 2.25. The lowest BCUT2D eigenvalue weighted by atomic mass is 9.96. The fourth-order valence-electron chi connectivity index (χ4n) is 3.23. The number of benzene rings is 1. The number of urea groups is 1. The van der Waals surface area contributed by atoms with Crippen LogP contribution in [-0.4, -0.2) is 30.9 Å². The maximum Gasteiger partial charge on any atom is 0.315 e. The lowest BCUT2D eigenvalue weighted by Gasteiger charge is -2.25. The van der Waals surface area contributed by atoms with E-state index in [9.17, 15) is 14.3 Å². The van der Waals surface area contributed by atoms with E-state index in [0.29, 0.717) is 0 Å². The number of aliphatic hydroxyl groups excluding tert-OH is 1. The summed E-state index contributed by atoms with van der Waals surface area (Å²) in [4.78, 5) is 12.3. The zero-order chi connectivity index (χ0) is 17.5. The quantitative estimate of drug-likeness (QED) is 0.722. The Morgan fingerprint density at radius 3 is 2.83 bits per heavy atom. The summed E-state index contributed by atoms with van der Waals surface area (Å²) in [5, 5.41) is 15.4. The average Bonchev–Trinajstić information content (AvgIpc) is 2.79. The van der Waals surface area contributed by atoms with Gasteiger partial charge in [-0.05, 0) is 37.5 Å². The number of halogens is 1. The lowest BCUT2D eigenvalue weighted by molar-refractivity contribution is 0.178. The molecule has 0 radical (unpaired) electrons. The summed E-state index contributed by atoms with van der Waals surface area (Å²) in [6.45, 7) is 1.93. The van der Waals surface area contributed by atoms with E-state index in [-0.39, 0.29) is 36.4 Å². The second-order valence-corrected chi connectivity index (χ2v) is 6.42. The fourth-order valence-corrected chi connectivity index (χ4v) is 3.23. The van der Waals surface area contributed by atoms with Crippen molar-refractivity contribution < 1.29 is 19.0 Å². The fraction of sp³-hybridized carbons (Fsp3) is 0.611. The molecule has 1 aliphatic carbocycles. The smallest absolute Gasteiger partial charge is 0.315 e. The van der Waals surface area contributed by atoms with E-state index >= 15 is 0 Å². The summed E-state index contributed by atoms with van der Waals surface area (Å²) in [7, 11) is 1.41. The largest absolute Gasteiger partial charge is 0.494 e. The summed E-state index contributed by atoms with van der Waals surface area (Å²) in [6.07, 6.45) is 5.12. The van der Waals surface area contributed by atoms with Crippen LogP contribution in [0.1, 0.15) is 50.6 Å². The summed E-state index contributed by atoms with van der Waals surface area (Å²) in [5.74, 6) is -0.160. The first-order valence-electron chi connectivity index (χ1n) is 8.56. The van der Waals surface area contributed by atoms with Crippen LogP contribution in [0.4, 0.5) is 9.18 Å². The predicted octanol–water partition coefficient (Wildman–Crippen LogP) is 3.14. The van der Waals surface area contributed by atoms with Crippen molar-refractivity contribution in [3.8, 4) is 5.75 Å². The maximum atomic E-state index is 13.5. The number of aliphatic hydroxyl groups is 1. The highest BCUT2D eigenvalue weighted by atomic mass is 19.1.